The standard InChI is InChI=1S/C12H19ClN2O/c1-3-12(16,4-2)8-15-11-9(13)6-5-7-10(11)14/h5-7,15-16H,3-4,8,14H2,1-2H3. The van der Waals surface area contributed by atoms with Gasteiger partial charge in [0.2, 0.25) is 0 Å². The number of aliphatic hydroxyl groups is 1. The summed E-state index contributed by atoms with van der Waals surface area (Å²) >= 11 is 6.02. The molecular weight excluding hydrogens is 224 g/mol. The maximum Gasteiger partial charge on any atom is 0.0814 e. The summed E-state index contributed by atoms with van der Waals surface area (Å²) in [5.74, 6) is 0. The Labute approximate surface area is 102 Å². The second kappa shape index (κ2) is 5.41. The van der Waals surface area contributed by atoms with Gasteiger partial charge in [0, 0.05) is 6.54 Å². The van der Waals surface area contributed by atoms with Crippen molar-refractivity contribution in [2.24, 2.45) is 0 Å². The molecule has 4 heteroatoms. The molecule has 0 saturated heterocycles. The first-order chi connectivity index (χ1) is 7.52. The van der Waals surface area contributed by atoms with Gasteiger partial charge in [-0.3, -0.25) is 0 Å². The zero-order valence-corrected chi connectivity index (χ0v) is 10.5. The predicted octanol–water partition coefficient (Wildman–Crippen LogP) is 2.89. The number of hydrogen-bond acceptors (Lipinski definition) is 3. The van der Waals surface area contributed by atoms with E-state index in [1.54, 1.807) is 18.2 Å². The van der Waals surface area contributed by atoms with Gasteiger partial charge in [0.15, 0.2) is 0 Å². The molecule has 1 aromatic carbocycles. The third-order valence-electron chi connectivity index (χ3n) is 2.96. The van der Waals surface area contributed by atoms with E-state index >= 15 is 0 Å². The van der Waals surface area contributed by atoms with Crippen molar-refractivity contribution in [3.63, 3.8) is 0 Å². The van der Waals surface area contributed by atoms with Crippen LogP contribution in [0.25, 0.3) is 0 Å². The minimum absolute atomic E-state index is 0.452. The third kappa shape index (κ3) is 3.03. The van der Waals surface area contributed by atoms with Crippen LogP contribution in [0.5, 0.6) is 0 Å². The highest BCUT2D eigenvalue weighted by atomic mass is 35.5. The minimum atomic E-state index is -0.703. The van der Waals surface area contributed by atoms with Crippen molar-refractivity contribution in [2.45, 2.75) is 32.3 Å². The largest absolute Gasteiger partial charge is 0.397 e. The normalized spacial score (nSPS) is 11.5. The van der Waals surface area contributed by atoms with Gasteiger partial charge in [0.1, 0.15) is 0 Å². The van der Waals surface area contributed by atoms with Crippen molar-refractivity contribution in [1.29, 1.82) is 0 Å². The number of anilines is 2. The van der Waals surface area contributed by atoms with Gasteiger partial charge in [0.25, 0.3) is 0 Å². The molecule has 0 spiro atoms. The fraction of sp³-hybridized carbons (Fsp3) is 0.500. The number of benzene rings is 1. The maximum atomic E-state index is 10.1. The van der Waals surface area contributed by atoms with Gasteiger partial charge in [-0.2, -0.15) is 0 Å². The highest BCUT2D eigenvalue weighted by Gasteiger charge is 2.22. The Morgan fingerprint density at radius 3 is 2.50 bits per heavy atom. The molecule has 1 aromatic rings. The topological polar surface area (TPSA) is 58.3 Å². The minimum Gasteiger partial charge on any atom is -0.397 e. The molecule has 1 rings (SSSR count). The molecular formula is C12H19ClN2O. The number of para-hydroxylation sites is 1. The molecule has 0 radical (unpaired) electrons. The van der Waals surface area contributed by atoms with Crippen molar-refractivity contribution in [3.8, 4) is 0 Å². The van der Waals surface area contributed by atoms with E-state index in [1.165, 1.54) is 0 Å². The van der Waals surface area contributed by atoms with E-state index < -0.39 is 5.60 Å². The zero-order chi connectivity index (χ0) is 12.2. The number of nitrogens with two attached hydrogens (primary N) is 1. The molecule has 0 aromatic heterocycles. The second-order valence-electron chi connectivity index (χ2n) is 3.99. The van der Waals surface area contributed by atoms with E-state index in [0.29, 0.717) is 35.8 Å². The van der Waals surface area contributed by atoms with Gasteiger partial charge in [-0.15, -0.1) is 0 Å². The summed E-state index contributed by atoms with van der Waals surface area (Å²) in [5.41, 5.74) is 6.40. The Hall–Kier alpha value is -0.930. The first kappa shape index (κ1) is 13.1. The first-order valence-corrected chi connectivity index (χ1v) is 5.90. The Balaban J connectivity index is 2.75. The fourth-order valence-electron chi connectivity index (χ4n) is 1.48. The lowest BCUT2D eigenvalue weighted by molar-refractivity contribution is 0.0457. The molecule has 0 aliphatic carbocycles. The Kier molecular flexibility index (Phi) is 4.44. The van der Waals surface area contributed by atoms with Crippen LogP contribution in [0.2, 0.25) is 5.02 Å². The van der Waals surface area contributed by atoms with Crippen molar-refractivity contribution >= 4 is 23.0 Å². The lowest BCUT2D eigenvalue weighted by atomic mass is 9.97. The van der Waals surface area contributed by atoms with Crippen LogP contribution in [-0.4, -0.2) is 17.3 Å². The highest BCUT2D eigenvalue weighted by Crippen LogP contribution is 2.28. The van der Waals surface area contributed by atoms with Crippen molar-refractivity contribution < 1.29 is 5.11 Å². The van der Waals surface area contributed by atoms with E-state index in [-0.39, 0.29) is 0 Å². The van der Waals surface area contributed by atoms with Gasteiger partial charge < -0.3 is 16.2 Å². The number of halogens is 1. The van der Waals surface area contributed by atoms with Gasteiger partial charge in [-0.1, -0.05) is 31.5 Å². The summed E-state index contributed by atoms with van der Waals surface area (Å²) in [6.07, 6.45) is 1.39. The average Bonchev–Trinajstić information content (AvgIpc) is 2.28. The number of nitrogens with one attached hydrogen (secondary N) is 1. The molecule has 4 N–H and O–H groups in total. The molecule has 0 bridgehead atoms. The van der Waals surface area contributed by atoms with Crippen LogP contribution >= 0.6 is 11.6 Å². The molecule has 90 valence electrons. The first-order valence-electron chi connectivity index (χ1n) is 5.52. The molecule has 0 heterocycles. The molecule has 0 aliphatic heterocycles. The van der Waals surface area contributed by atoms with E-state index in [2.05, 4.69) is 5.32 Å². The molecule has 3 nitrogen and oxygen atoms in total. The third-order valence-corrected chi connectivity index (χ3v) is 3.27. The van der Waals surface area contributed by atoms with Gasteiger partial charge in [-0.05, 0) is 25.0 Å². The lowest BCUT2D eigenvalue weighted by Gasteiger charge is -2.26. The van der Waals surface area contributed by atoms with Crippen LogP contribution in [0.3, 0.4) is 0 Å². The fourth-order valence-corrected chi connectivity index (χ4v) is 1.73. The van der Waals surface area contributed by atoms with Crippen LogP contribution < -0.4 is 11.1 Å². The molecule has 0 atom stereocenters. The Morgan fingerprint density at radius 1 is 1.38 bits per heavy atom. The predicted molar refractivity (Wildman–Crippen MR) is 69.9 cm³/mol. The van der Waals surface area contributed by atoms with Crippen molar-refractivity contribution in [2.75, 3.05) is 17.6 Å². The molecule has 16 heavy (non-hydrogen) atoms. The van der Waals surface area contributed by atoms with E-state index in [4.69, 9.17) is 17.3 Å². The van der Waals surface area contributed by atoms with Crippen LogP contribution in [0, 0.1) is 0 Å². The monoisotopic (exact) mass is 242 g/mol. The second-order valence-corrected chi connectivity index (χ2v) is 4.40. The van der Waals surface area contributed by atoms with Crippen molar-refractivity contribution in [3.05, 3.63) is 23.2 Å². The van der Waals surface area contributed by atoms with Gasteiger partial charge in [-0.25, -0.2) is 0 Å². The molecule has 0 amide bonds. The summed E-state index contributed by atoms with van der Waals surface area (Å²) in [6, 6.07) is 5.36. The Morgan fingerprint density at radius 2 is 2.00 bits per heavy atom. The molecule has 0 aliphatic rings. The van der Waals surface area contributed by atoms with Gasteiger partial charge >= 0.3 is 0 Å². The highest BCUT2D eigenvalue weighted by molar-refractivity contribution is 6.33. The summed E-state index contributed by atoms with van der Waals surface area (Å²) in [7, 11) is 0. The van der Waals surface area contributed by atoms with Crippen LogP contribution in [0.4, 0.5) is 11.4 Å². The number of hydrogen-bond donors (Lipinski definition) is 3. The van der Waals surface area contributed by atoms with E-state index in [0.717, 1.165) is 0 Å². The Bertz CT molecular complexity index is 331. The van der Waals surface area contributed by atoms with Gasteiger partial charge in [0.05, 0.1) is 22.0 Å². The summed E-state index contributed by atoms with van der Waals surface area (Å²) < 4.78 is 0. The number of rotatable bonds is 5. The smallest absolute Gasteiger partial charge is 0.0814 e. The molecule has 0 unspecified atom stereocenters. The van der Waals surface area contributed by atoms with Crippen LogP contribution in [0.15, 0.2) is 18.2 Å². The summed E-state index contributed by atoms with van der Waals surface area (Å²) in [5, 5.41) is 13.8. The SMILES string of the molecule is CCC(O)(CC)CNc1c(N)cccc1Cl. The quantitative estimate of drug-likeness (QED) is 0.696. The molecule has 0 fully saturated rings. The van der Waals surface area contributed by atoms with Crippen LogP contribution in [-0.2, 0) is 0 Å². The summed E-state index contributed by atoms with van der Waals surface area (Å²) in [6.45, 7) is 4.37. The lowest BCUT2D eigenvalue weighted by Crippen LogP contribution is -2.35. The molecule has 0 saturated carbocycles. The van der Waals surface area contributed by atoms with E-state index in [9.17, 15) is 5.11 Å². The van der Waals surface area contributed by atoms with Crippen molar-refractivity contribution in [1.82, 2.24) is 0 Å². The maximum absolute atomic E-state index is 10.1. The van der Waals surface area contributed by atoms with Crippen LogP contribution in [0.1, 0.15) is 26.7 Å². The van der Waals surface area contributed by atoms with E-state index in [1.807, 2.05) is 13.8 Å². The zero-order valence-electron chi connectivity index (χ0n) is 9.76. The summed E-state index contributed by atoms with van der Waals surface area (Å²) in [4.78, 5) is 0. The average molecular weight is 243 g/mol. The number of nitrogen functional groups attached to an aromatic ring is 1.